The second kappa shape index (κ2) is 3.44. The Morgan fingerprint density at radius 2 is 1.60 bits per heavy atom. The topological polar surface area (TPSA) is 33.4 Å². The summed E-state index contributed by atoms with van der Waals surface area (Å²) in [5.74, 6) is -2.77. The minimum atomic E-state index is -5.05. The van der Waals surface area contributed by atoms with Gasteiger partial charge in [-0.25, -0.2) is 0 Å². The van der Waals surface area contributed by atoms with E-state index in [1.807, 2.05) is 0 Å². The zero-order valence-electron chi connectivity index (χ0n) is 6.86. The lowest BCUT2D eigenvalue weighted by molar-refractivity contribution is -0.213. The Kier molecular flexibility index (Phi) is 2.73. The second-order valence-electron chi connectivity index (χ2n) is 2.64. The Morgan fingerprint density at radius 3 is 1.93 bits per heavy atom. The standard InChI is InChI=1S/C7H4F6O2/c8-6(9,10)4-2-1-3(15-4)5(14)7(11,12)13/h1-2,5,14H/t5-/m1/s1. The van der Waals surface area contributed by atoms with Gasteiger partial charge in [-0.1, -0.05) is 0 Å². The van der Waals surface area contributed by atoms with Crippen LogP contribution in [-0.2, 0) is 6.18 Å². The van der Waals surface area contributed by atoms with E-state index in [9.17, 15) is 26.3 Å². The Balaban J connectivity index is 2.95. The number of halogens is 6. The van der Waals surface area contributed by atoms with Crippen LogP contribution in [-0.4, -0.2) is 11.3 Å². The molecule has 0 aliphatic heterocycles. The number of aliphatic hydroxyl groups is 1. The normalized spacial score (nSPS) is 15.4. The van der Waals surface area contributed by atoms with Crippen molar-refractivity contribution in [2.75, 3.05) is 0 Å². The molecule has 1 N–H and O–H groups in total. The van der Waals surface area contributed by atoms with Gasteiger partial charge in [0.25, 0.3) is 0 Å². The molecule has 0 unspecified atom stereocenters. The van der Waals surface area contributed by atoms with Gasteiger partial charge < -0.3 is 9.52 Å². The summed E-state index contributed by atoms with van der Waals surface area (Å²) in [5, 5.41) is 8.55. The van der Waals surface area contributed by atoms with Crippen molar-refractivity contribution in [3.8, 4) is 0 Å². The molecule has 0 amide bonds. The van der Waals surface area contributed by atoms with Crippen molar-refractivity contribution in [3.05, 3.63) is 23.7 Å². The van der Waals surface area contributed by atoms with Crippen LogP contribution in [0.4, 0.5) is 26.3 Å². The molecule has 0 bridgehead atoms. The molecule has 0 saturated carbocycles. The van der Waals surface area contributed by atoms with Gasteiger partial charge >= 0.3 is 12.4 Å². The third-order valence-corrected chi connectivity index (χ3v) is 1.49. The summed E-state index contributed by atoms with van der Waals surface area (Å²) in [4.78, 5) is 0. The summed E-state index contributed by atoms with van der Waals surface area (Å²) in [6.45, 7) is 0. The summed E-state index contributed by atoms with van der Waals surface area (Å²) in [5.41, 5.74) is 0. The molecule has 1 aromatic rings. The predicted octanol–water partition coefficient (Wildman–Crippen LogP) is 2.89. The van der Waals surface area contributed by atoms with Crippen molar-refractivity contribution in [1.29, 1.82) is 0 Å². The van der Waals surface area contributed by atoms with Gasteiger partial charge in [0.15, 0.2) is 0 Å². The molecule has 0 radical (unpaired) electrons. The van der Waals surface area contributed by atoms with Gasteiger partial charge in [-0.05, 0) is 12.1 Å². The van der Waals surface area contributed by atoms with Gasteiger partial charge in [0.1, 0.15) is 5.76 Å². The van der Waals surface area contributed by atoms with Gasteiger partial charge in [0.2, 0.25) is 11.9 Å². The minimum Gasteiger partial charge on any atom is -0.453 e. The molecule has 1 rings (SSSR count). The maximum absolute atomic E-state index is 11.9. The van der Waals surface area contributed by atoms with Crippen LogP contribution in [0.5, 0.6) is 0 Å². The Bertz CT molecular complexity index is 336. The Hall–Kier alpha value is -1.18. The molecule has 0 aliphatic rings. The molecular formula is C7H4F6O2. The molecule has 1 heterocycles. The third kappa shape index (κ3) is 2.65. The molecule has 15 heavy (non-hydrogen) atoms. The lowest BCUT2D eigenvalue weighted by atomic mass is 10.3. The van der Waals surface area contributed by atoms with Crippen molar-refractivity contribution in [1.82, 2.24) is 0 Å². The first-order valence-corrected chi connectivity index (χ1v) is 3.54. The SMILES string of the molecule is O[C@H](c1ccc(C(F)(F)F)o1)C(F)(F)F. The van der Waals surface area contributed by atoms with E-state index in [4.69, 9.17) is 5.11 Å². The second-order valence-corrected chi connectivity index (χ2v) is 2.64. The van der Waals surface area contributed by atoms with Gasteiger partial charge in [-0.15, -0.1) is 0 Å². The lowest BCUT2D eigenvalue weighted by Gasteiger charge is -2.11. The molecule has 1 aromatic heterocycles. The Labute approximate surface area is 79.1 Å². The molecule has 0 aliphatic carbocycles. The van der Waals surface area contributed by atoms with E-state index in [1.54, 1.807) is 0 Å². The third-order valence-electron chi connectivity index (χ3n) is 1.49. The smallest absolute Gasteiger partial charge is 0.449 e. The molecule has 0 spiro atoms. The van der Waals surface area contributed by atoms with E-state index >= 15 is 0 Å². The van der Waals surface area contributed by atoms with Gasteiger partial charge in [-0.2, -0.15) is 26.3 Å². The van der Waals surface area contributed by atoms with E-state index in [0.717, 1.165) is 0 Å². The van der Waals surface area contributed by atoms with Crippen molar-refractivity contribution in [3.63, 3.8) is 0 Å². The molecule has 86 valence electrons. The first kappa shape index (κ1) is 11.9. The van der Waals surface area contributed by atoms with Crippen LogP contribution in [0.15, 0.2) is 16.5 Å². The van der Waals surface area contributed by atoms with E-state index in [1.165, 1.54) is 0 Å². The molecule has 0 fully saturated rings. The molecule has 8 heteroatoms. The van der Waals surface area contributed by atoms with Crippen LogP contribution in [0.3, 0.4) is 0 Å². The zero-order valence-corrected chi connectivity index (χ0v) is 6.86. The number of hydrogen-bond donors (Lipinski definition) is 1. The highest BCUT2D eigenvalue weighted by Gasteiger charge is 2.43. The minimum absolute atomic E-state index is 0.324. The maximum atomic E-state index is 11.9. The number of furan rings is 1. The summed E-state index contributed by atoms with van der Waals surface area (Å²) in [6, 6.07) is 0.755. The molecule has 0 saturated heterocycles. The van der Waals surface area contributed by atoms with E-state index in [-0.39, 0.29) is 0 Å². The quantitative estimate of drug-likeness (QED) is 0.758. The molecule has 2 nitrogen and oxygen atoms in total. The largest absolute Gasteiger partial charge is 0.453 e. The fraction of sp³-hybridized carbons (Fsp3) is 0.429. The monoisotopic (exact) mass is 234 g/mol. The number of hydrogen-bond acceptors (Lipinski definition) is 2. The van der Waals surface area contributed by atoms with E-state index in [0.29, 0.717) is 12.1 Å². The van der Waals surface area contributed by atoms with E-state index in [2.05, 4.69) is 4.42 Å². The Morgan fingerprint density at radius 1 is 1.07 bits per heavy atom. The van der Waals surface area contributed by atoms with Crippen LogP contribution in [0.1, 0.15) is 17.6 Å². The summed E-state index contributed by atoms with van der Waals surface area (Å²) in [6.07, 6.45) is -13.0. The fourth-order valence-corrected chi connectivity index (χ4v) is 0.813. The first-order chi connectivity index (χ1) is 6.62. The van der Waals surface area contributed by atoms with Crippen LogP contribution in [0.25, 0.3) is 0 Å². The average molecular weight is 234 g/mol. The van der Waals surface area contributed by atoms with Crippen LogP contribution >= 0.6 is 0 Å². The number of alkyl halides is 6. The number of rotatable bonds is 1. The molecule has 0 aromatic carbocycles. The van der Waals surface area contributed by atoms with Crippen LogP contribution in [0.2, 0.25) is 0 Å². The average Bonchev–Trinajstić information content (AvgIpc) is 2.47. The van der Waals surface area contributed by atoms with Crippen molar-refractivity contribution in [2.45, 2.75) is 18.5 Å². The summed E-state index contributed by atoms with van der Waals surface area (Å²) >= 11 is 0. The molecular weight excluding hydrogens is 230 g/mol. The van der Waals surface area contributed by atoms with E-state index < -0.39 is 30.0 Å². The first-order valence-electron chi connectivity index (χ1n) is 3.54. The van der Waals surface area contributed by atoms with Crippen LogP contribution < -0.4 is 0 Å². The van der Waals surface area contributed by atoms with Gasteiger partial charge in [-0.3, -0.25) is 0 Å². The van der Waals surface area contributed by atoms with Crippen LogP contribution in [0, 0.1) is 0 Å². The van der Waals surface area contributed by atoms with Gasteiger partial charge in [0.05, 0.1) is 0 Å². The fourth-order valence-electron chi connectivity index (χ4n) is 0.813. The van der Waals surface area contributed by atoms with Crippen molar-refractivity contribution in [2.24, 2.45) is 0 Å². The summed E-state index contributed by atoms with van der Waals surface area (Å²) in [7, 11) is 0. The van der Waals surface area contributed by atoms with Crippen molar-refractivity contribution < 1.29 is 35.9 Å². The molecule has 1 atom stereocenters. The lowest BCUT2D eigenvalue weighted by Crippen LogP contribution is -2.19. The highest BCUT2D eigenvalue weighted by molar-refractivity contribution is 5.12. The highest BCUT2D eigenvalue weighted by atomic mass is 19.4. The van der Waals surface area contributed by atoms with Crippen molar-refractivity contribution >= 4 is 0 Å². The zero-order chi connectivity index (χ0) is 11.9. The summed E-state index contributed by atoms with van der Waals surface area (Å²) < 4.78 is 75.1. The maximum Gasteiger partial charge on any atom is 0.449 e. The predicted molar refractivity (Wildman–Crippen MR) is 34.7 cm³/mol. The number of aliphatic hydroxyl groups excluding tert-OH is 1. The highest BCUT2D eigenvalue weighted by Crippen LogP contribution is 2.37. The van der Waals surface area contributed by atoms with Gasteiger partial charge in [0, 0.05) is 0 Å².